The molecule has 0 N–H and O–H groups in total. The lowest BCUT2D eigenvalue weighted by Gasteiger charge is -2.42. The lowest BCUT2D eigenvalue weighted by atomic mass is 9.85. The van der Waals surface area contributed by atoms with Crippen molar-refractivity contribution in [1.29, 1.82) is 0 Å². The Morgan fingerprint density at radius 2 is 1.74 bits per heavy atom. The van der Waals surface area contributed by atoms with E-state index in [4.69, 9.17) is 9.47 Å². The number of urea groups is 1. The molecule has 0 atom stereocenters. The first-order chi connectivity index (χ1) is 16.4. The zero-order valence-corrected chi connectivity index (χ0v) is 20.7. The first-order valence-corrected chi connectivity index (χ1v) is 11.9. The maximum Gasteiger partial charge on any atom is 0.328 e. The van der Waals surface area contributed by atoms with Crippen molar-refractivity contribution >= 4 is 11.9 Å². The fourth-order valence-electron chi connectivity index (χ4n) is 5.20. The highest BCUT2D eigenvalue weighted by molar-refractivity contribution is 6.07. The van der Waals surface area contributed by atoms with Gasteiger partial charge in [0, 0.05) is 33.3 Å². The molecule has 2 fully saturated rings. The van der Waals surface area contributed by atoms with Gasteiger partial charge in [0.05, 0.1) is 20.3 Å². The molecule has 7 heteroatoms. The average Bonchev–Trinajstić information content (AvgIpc) is 3.02. The van der Waals surface area contributed by atoms with E-state index in [-0.39, 0.29) is 18.5 Å². The van der Waals surface area contributed by atoms with Gasteiger partial charge in [0.25, 0.3) is 5.91 Å². The molecule has 0 radical (unpaired) electrons. The zero-order valence-electron chi connectivity index (χ0n) is 20.7. The lowest BCUT2D eigenvalue weighted by Crippen LogP contribution is -2.57. The minimum atomic E-state index is -0.798. The molecule has 2 aromatic carbocycles. The van der Waals surface area contributed by atoms with E-state index in [9.17, 15) is 9.59 Å². The molecule has 34 heavy (non-hydrogen) atoms. The summed E-state index contributed by atoms with van der Waals surface area (Å²) in [5, 5.41) is 0. The van der Waals surface area contributed by atoms with E-state index >= 15 is 0 Å². The van der Waals surface area contributed by atoms with Crippen molar-refractivity contribution in [1.82, 2.24) is 14.7 Å². The van der Waals surface area contributed by atoms with Crippen molar-refractivity contribution in [2.75, 3.05) is 40.5 Å². The number of ether oxygens (including phenoxy) is 2. The SMILES string of the molecule is COCCN1C(=O)N(Cc2cccc(OC)c2)C(=O)C12CCN(Cc1ccc(C)cc1C)CC2. The van der Waals surface area contributed by atoms with Crippen LogP contribution in [0, 0.1) is 13.8 Å². The minimum Gasteiger partial charge on any atom is -0.497 e. The van der Waals surface area contributed by atoms with Crippen LogP contribution >= 0.6 is 0 Å². The molecule has 182 valence electrons. The van der Waals surface area contributed by atoms with Crippen molar-refractivity contribution < 1.29 is 19.1 Å². The Morgan fingerprint density at radius 3 is 2.41 bits per heavy atom. The average molecular weight is 466 g/mol. The fraction of sp³-hybridized carbons (Fsp3) is 0.481. The number of rotatable bonds is 8. The van der Waals surface area contributed by atoms with Gasteiger partial charge >= 0.3 is 6.03 Å². The van der Waals surface area contributed by atoms with Crippen LogP contribution in [0.1, 0.15) is 35.1 Å². The maximum atomic E-state index is 13.8. The summed E-state index contributed by atoms with van der Waals surface area (Å²) in [5.41, 5.74) is 3.94. The van der Waals surface area contributed by atoms with Crippen LogP contribution in [0.15, 0.2) is 42.5 Å². The maximum absolute atomic E-state index is 13.8. The Hall–Kier alpha value is -2.90. The van der Waals surface area contributed by atoms with Crippen LogP contribution in [0.3, 0.4) is 0 Å². The van der Waals surface area contributed by atoms with Gasteiger partial charge in [-0.25, -0.2) is 4.79 Å². The number of carbonyl (C=O) groups is 2. The Bertz CT molecular complexity index is 1050. The predicted octanol–water partition coefficient (Wildman–Crippen LogP) is 3.76. The molecule has 4 rings (SSSR count). The summed E-state index contributed by atoms with van der Waals surface area (Å²) >= 11 is 0. The fourth-order valence-corrected chi connectivity index (χ4v) is 5.20. The van der Waals surface area contributed by atoms with Crippen LogP contribution in [0.25, 0.3) is 0 Å². The lowest BCUT2D eigenvalue weighted by molar-refractivity contribution is -0.136. The van der Waals surface area contributed by atoms with E-state index in [2.05, 4.69) is 36.9 Å². The number of aryl methyl sites for hydroxylation is 2. The van der Waals surface area contributed by atoms with Crippen LogP contribution < -0.4 is 4.74 Å². The quantitative estimate of drug-likeness (QED) is 0.556. The molecule has 2 heterocycles. The monoisotopic (exact) mass is 465 g/mol. The highest BCUT2D eigenvalue weighted by atomic mass is 16.5. The standard InChI is InChI=1S/C27H35N3O4/c1-20-8-9-23(21(2)16-20)19-28-12-10-27(11-13-28)25(31)29(26(32)30(27)14-15-33-3)18-22-6-5-7-24(17-22)34-4/h5-9,16-17H,10-15,18-19H2,1-4H3. The molecule has 2 aromatic rings. The smallest absolute Gasteiger partial charge is 0.328 e. The van der Waals surface area contributed by atoms with E-state index in [1.54, 1.807) is 19.1 Å². The number of amides is 3. The summed E-state index contributed by atoms with van der Waals surface area (Å²) in [7, 11) is 3.23. The zero-order chi connectivity index (χ0) is 24.3. The normalized spacial score (nSPS) is 18.2. The van der Waals surface area contributed by atoms with E-state index in [1.165, 1.54) is 21.6 Å². The molecule has 2 aliphatic heterocycles. The largest absolute Gasteiger partial charge is 0.497 e. The molecule has 2 aliphatic rings. The summed E-state index contributed by atoms with van der Waals surface area (Å²) in [5.74, 6) is 0.616. The van der Waals surface area contributed by atoms with Crippen LogP contribution in [0.5, 0.6) is 5.75 Å². The molecule has 0 aromatic heterocycles. The van der Waals surface area contributed by atoms with Gasteiger partial charge < -0.3 is 14.4 Å². The van der Waals surface area contributed by atoms with E-state index in [0.717, 1.165) is 25.2 Å². The first-order valence-electron chi connectivity index (χ1n) is 11.9. The number of benzene rings is 2. The predicted molar refractivity (Wildman–Crippen MR) is 131 cm³/mol. The Balaban J connectivity index is 1.51. The van der Waals surface area contributed by atoms with Gasteiger partial charge in [-0.2, -0.15) is 0 Å². The molecule has 2 saturated heterocycles. The van der Waals surface area contributed by atoms with Crippen molar-refractivity contribution in [2.45, 2.75) is 45.3 Å². The van der Waals surface area contributed by atoms with E-state index in [0.29, 0.717) is 31.7 Å². The molecule has 1 spiro atoms. The second-order valence-electron chi connectivity index (χ2n) is 9.41. The van der Waals surface area contributed by atoms with Crippen LogP contribution in [-0.2, 0) is 22.6 Å². The van der Waals surface area contributed by atoms with Gasteiger partial charge in [-0.3, -0.25) is 14.6 Å². The third-order valence-electron chi connectivity index (χ3n) is 7.19. The highest BCUT2D eigenvalue weighted by Gasteiger charge is 2.57. The van der Waals surface area contributed by atoms with E-state index in [1.807, 2.05) is 24.3 Å². The second kappa shape index (κ2) is 10.2. The highest BCUT2D eigenvalue weighted by Crippen LogP contribution is 2.38. The molecule has 0 aliphatic carbocycles. The van der Waals surface area contributed by atoms with Gasteiger partial charge in [-0.1, -0.05) is 35.9 Å². The van der Waals surface area contributed by atoms with Crippen LogP contribution in [-0.4, -0.2) is 72.6 Å². The minimum absolute atomic E-state index is 0.0948. The van der Waals surface area contributed by atoms with Crippen molar-refractivity contribution in [2.24, 2.45) is 0 Å². The number of methoxy groups -OCH3 is 2. The molecule has 7 nitrogen and oxygen atoms in total. The summed E-state index contributed by atoms with van der Waals surface area (Å²) in [6.07, 6.45) is 1.25. The number of likely N-dealkylation sites (tertiary alicyclic amines) is 1. The molecular formula is C27H35N3O4. The summed E-state index contributed by atoms with van der Waals surface area (Å²) in [6.45, 7) is 7.70. The van der Waals surface area contributed by atoms with Crippen LogP contribution in [0.2, 0.25) is 0 Å². The molecular weight excluding hydrogens is 430 g/mol. The van der Waals surface area contributed by atoms with Gasteiger partial charge in [0.15, 0.2) is 0 Å². The van der Waals surface area contributed by atoms with Gasteiger partial charge in [-0.05, 0) is 55.5 Å². The number of carbonyl (C=O) groups excluding carboxylic acids is 2. The molecule has 0 saturated carbocycles. The van der Waals surface area contributed by atoms with Crippen LogP contribution in [0.4, 0.5) is 4.79 Å². The Kier molecular flexibility index (Phi) is 7.24. The Morgan fingerprint density at radius 1 is 0.971 bits per heavy atom. The third-order valence-corrected chi connectivity index (χ3v) is 7.19. The van der Waals surface area contributed by atoms with E-state index < -0.39 is 5.54 Å². The Labute approximate surface area is 202 Å². The molecule has 0 unspecified atom stereocenters. The number of imide groups is 1. The topological polar surface area (TPSA) is 62.3 Å². The summed E-state index contributed by atoms with van der Waals surface area (Å²) in [4.78, 5) is 32.7. The molecule has 0 bridgehead atoms. The van der Waals surface area contributed by atoms with Crippen molar-refractivity contribution in [3.63, 3.8) is 0 Å². The number of hydrogen-bond acceptors (Lipinski definition) is 5. The number of piperidine rings is 1. The van der Waals surface area contributed by atoms with Gasteiger partial charge in [0.2, 0.25) is 0 Å². The van der Waals surface area contributed by atoms with Crippen molar-refractivity contribution in [3.8, 4) is 5.75 Å². The van der Waals surface area contributed by atoms with Gasteiger partial charge in [-0.15, -0.1) is 0 Å². The summed E-state index contributed by atoms with van der Waals surface area (Å²) < 4.78 is 10.6. The molecule has 3 amide bonds. The number of hydrogen-bond donors (Lipinski definition) is 0. The summed E-state index contributed by atoms with van der Waals surface area (Å²) in [6, 6.07) is 13.8. The van der Waals surface area contributed by atoms with Gasteiger partial charge in [0.1, 0.15) is 11.3 Å². The third kappa shape index (κ3) is 4.68. The second-order valence-corrected chi connectivity index (χ2v) is 9.41. The van der Waals surface area contributed by atoms with Crippen molar-refractivity contribution in [3.05, 3.63) is 64.7 Å². The number of nitrogens with zero attached hydrogens (tertiary/aromatic N) is 3. The first kappa shape index (κ1) is 24.2.